The SMILES string of the molecule is C=C1CC[C@@H]2[C@H]([C@@H]3C[C@@H](C)C[C@H]13)[C@]2(CN)CCC. The molecule has 0 aromatic carbocycles. The first-order valence-electron chi connectivity index (χ1n) is 8.01. The lowest BCUT2D eigenvalue weighted by atomic mass is 9.81. The number of rotatable bonds is 3. The zero-order valence-electron chi connectivity index (χ0n) is 12.1. The van der Waals surface area contributed by atoms with Gasteiger partial charge in [-0.2, -0.15) is 0 Å². The van der Waals surface area contributed by atoms with Crippen LogP contribution >= 0.6 is 0 Å². The van der Waals surface area contributed by atoms with E-state index in [4.69, 9.17) is 5.73 Å². The highest BCUT2D eigenvalue weighted by Gasteiger charge is 2.67. The Morgan fingerprint density at radius 2 is 2.17 bits per heavy atom. The van der Waals surface area contributed by atoms with Crippen molar-refractivity contribution in [3.05, 3.63) is 12.2 Å². The van der Waals surface area contributed by atoms with Gasteiger partial charge in [-0.1, -0.05) is 32.4 Å². The summed E-state index contributed by atoms with van der Waals surface area (Å²) in [6.45, 7) is 10.1. The highest BCUT2D eigenvalue weighted by Crippen LogP contribution is 2.71. The van der Waals surface area contributed by atoms with E-state index in [1.807, 2.05) is 0 Å². The van der Waals surface area contributed by atoms with Crippen molar-refractivity contribution in [3.8, 4) is 0 Å². The van der Waals surface area contributed by atoms with Gasteiger partial charge >= 0.3 is 0 Å². The van der Waals surface area contributed by atoms with Gasteiger partial charge in [0, 0.05) is 0 Å². The minimum atomic E-state index is 0.530. The number of hydrogen-bond donors (Lipinski definition) is 1. The number of allylic oxidation sites excluding steroid dienone is 1. The Balaban J connectivity index is 1.86. The van der Waals surface area contributed by atoms with Gasteiger partial charge in [0.1, 0.15) is 0 Å². The molecular formula is C17H29N. The average Bonchev–Trinajstić information content (AvgIpc) is 2.85. The van der Waals surface area contributed by atoms with Crippen molar-refractivity contribution in [2.45, 2.75) is 52.4 Å². The largest absolute Gasteiger partial charge is 0.330 e. The normalized spacial score (nSPS) is 50.6. The van der Waals surface area contributed by atoms with E-state index >= 15 is 0 Å². The molecule has 3 aliphatic carbocycles. The van der Waals surface area contributed by atoms with Crippen LogP contribution in [0, 0.1) is 35.0 Å². The summed E-state index contributed by atoms with van der Waals surface area (Å²) in [6, 6.07) is 0. The van der Waals surface area contributed by atoms with E-state index in [0.29, 0.717) is 5.41 Å². The number of hydrogen-bond acceptors (Lipinski definition) is 1. The maximum Gasteiger partial charge on any atom is -0.00149 e. The molecule has 18 heavy (non-hydrogen) atoms. The van der Waals surface area contributed by atoms with Crippen LogP contribution in [0.25, 0.3) is 0 Å². The van der Waals surface area contributed by atoms with E-state index < -0.39 is 0 Å². The van der Waals surface area contributed by atoms with Gasteiger partial charge in [-0.15, -0.1) is 0 Å². The second-order valence-electron chi connectivity index (χ2n) is 7.36. The highest BCUT2D eigenvalue weighted by atomic mass is 14.8. The van der Waals surface area contributed by atoms with E-state index in [0.717, 1.165) is 36.1 Å². The number of nitrogens with two attached hydrogens (primary N) is 1. The van der Waals surface area contributed by atoms with Crippen molar-refractivity contribution < 1.29 is 0 Å². The number of fused-ring (bicyclic) bond motifs is 3. The smallest absolute Gasteiger partial charge is 0.00149 e. The molecule has 3 saturated carbocycles. The molecule has 2 N–H and O–H groups in total. The second-order valence-corrected chi connectivity index (χ2v) is 7.36. The lowest BCUT2D eigenvalue weighted by Gasteiger charge is -2.25. The van der Waals surface area contributed by atoms with E-state index in [1.165, 1.54) is 38.5 Å². The van der Waals surface area contributed by atoms with Gasteiger partial charge in [-0.05, 0) is 73.7 Å². The molecule has 0 saturated heterocycles. The summed E-state index contributed by atoms with van der Waals surface area (Å²) in [4.78, 5) is 0. The standard InChI is InChI=1S/C17H29N/c1-4-7-17(10-18)15-6-5-12(3)13-8-11(2)9-14(13)16(15)17/h11,13-16H,3-10,18H2,1-2H3/t11-,13+,14+,15+,16-,17-/m0/s1. The molecule has 0 heterocycles. The summed E-state index contributed by atoms with van der Waals surface area (Å²) >= 11 is 0. The molecule has 0 aromatic rings. The monoisotopic (exact) mass is 247 g/mol. The van der Waals surface area contributed by atoms with Gasteiger partial charge in [-0.3, -0.25) is 0 Å². The first-order valence-corrected chi connectivity index (χ1v) is 8.01. The molecule has 1 heteroatoms. The fourth-order valence-corrected chi connectivity index (χ4v) is 5.74. The summed E-state index contributed by atoms with van der Waals surface area (Å²) in [6.07, 6.45) is 8.17. The predicted octanol–water partition coefficient (Wildman–Crippen LogP) is 3.99. The third kappa shape index (κ3) is 1.62. The summed E-state index contributed by atoms with van der Waals surface area (Å²) < 4.78 is 0. The molecule has 3 aliphatic rings. The van der Waals surface area contributed by atoms with Crippen LogP contribution in [0.4, 0.5) is 0 Å². The second kappa shape index (κ2) is 4.37. The average molecular weight is 247 g/mol. The first-order chi connectivity index (χ1) is 8.64. The van der Waals surface area contributed by atoms with Crippen molar-refractivity contribution in [2.24, 2.45) is 40.7 Å². The fourth-order valence-electron chi connectivity index (χ4n) is 5.74. The van der Waals surface area contributed by atoms with Gasteiger partial charge in [0.15, 0.2) is 0 Å². The maximum absolute atomic E-state index is 6.20. The van der Waals surface area contributed by atoms with Crippen molar-refractivity contribution in [3.63, 3.8) is 0 Å². The summed E-state index contributed by atoms with van der Waals surface area (Å²) in [5, 5.41) is 0. The predicted molar refractivity (Wildman–Crippen MR) is 77.1 cm³/mol. The third-order valence-electron chi connectivity index (χ3n) is 6.43. The topological polar surface area (TPSA) is 26.0 Å². The molecular weight excluding hydrogens is 218 g/mol. The maximum atomic E-state index is 6.20. The van der Waals surface area contributed by atoms with Gasteiger partial charge < -0.3 is 5.73 Å². The van der Waals surface area contributed by atoms with Crippen LogP contribution in [-0.4, -0.2) is 6.54 Å². The Morgan fingerprint density at radius 1 is 1.39 bits per heavy atom. The molecule has 0 bridgehead atoms. The van der Waals surface area contributed by atoms with E-state index in [-0.39, 0.29) is 0 Å². The zero-order chi connectivity index (χ0) is 12.9. The van der Waals surface area contributed by atoms with Gasteiger partial charge in [0.2, 0.25) is 0 Å². The van der Waals surface area contributed by atoms with Crippen LogP contribution in [0.1, 0.15) is 52.4 Å². The molecule has 3 fully saturated rings. The minimum absolute atomic E-state index is 0.530. The lowest BCUT2D eigenvalue weighted by molar-refractivity contribution is 0.300. The molecule has 0 radical (unpaired) electrons. The Labute approximate surface area is 112 Å². The van der Waals surface area contributed by atoms with Crippen molar-refractivity contribution >= 4 is 0 Å². The van der Waals surface area contributed by atoms with Crippen LogP contribution < -0.4 is 5.73 Å². The summed E-state index contributed by atoms with van der Waals surface area (Å²) in [5.41, 5.74) is 8.29. The molecule has 3 rings (SSSR count). The van der Waals surface area contributed by atoms with Crippen LogP contribution in [0.5, 0.6) is 0 Å². The molecule has 0 amide bonds. The summed E-state index contributed by atoms with van der Waals surface area (Å²) in [7, 11) is 0. The van der Waals surface area contributed by atoms with Crippen molar-refractivity contribution in [2.75, 3.05) is 6.54 Å². The van der Waals surface area contributed by atoms with Crippen LogP contribution in [0.15, 0.2) is 12.2 Å². The highest BCUT2D eigenvalue weighted by molar-refractivity contribution is 5.22. The molecule has 102 valence electrons. The summed E-state index contributed by atoms with van der Waals surface area (Å²) in [5.74, 6) is 4.54. The molecule has 0 aliphatic heterocycles. The molecule has 6 atom stereocenters. The molecule has 0 unspecified atom stereocenters. The third-order valence-corrected chi connectivity index (χ3v) is 6.43. The zero-order valence-corrected chi connectivity index (χ0v) is 12.1. The Bertz CT molecular complexity index is 348. The van der Waals surface area contributed by atoms with Crippen LogP contribution in [-0.2, 0) is 0 Å². The van der Waals surface area contributed by atoms with Crippen molar-refractivity contribution in [1.29, 1.82) is 0 Å². The van der Waals surface area contributed by atoms with E-state index in [2.05, 4.69) is 20.4 Å². The van der Waals surface area contributed by atoms with Crippen LogP contribution in [0.3, 0.4) is 0 Å². The molecule has 1 nitrogen and oxygen atoms in total. The Hall–Kier alpha value is -0.300. The quantitative estimate of drug-likeness (QED) is 0.750. The Kier molecular flexibility index (Phi) is 3.09. The first kappa shape index (κ1) is 12.7. The van der Waals surface area contributed by atoms with Crippen molar-refractivity contribution in [1.82, 2.24) is 0 Å². The minimum Gasteiger partial charge on any atom is -0.330 e. The van der Waals surface area contributed by atoms with E-state index in [1.54, 1.807) is 5.57 Å². The van der Waals surface area contributed by atoms with Gasteiger partial charge in [-0.25, -0.2) is 0 Å². The van der Waals surface area contributed by atoms with Crippen LogP contribution in [0.2, 0.25) is 0 Å². The lowest BCUT2D eigenvalue weighted by Crippen LogP contribution is -2.24. The molecule has 0 aromatic heterocycles. The van der Waals surface area contributed by atoms with Gasteiger partial charge in [0.05, 0.1) is 0 Å². The van der Waals surface area contributed by atoms with Gasteiger partial charge in [0.25, 0.3) is 0 Å². The van der Waals surface area contributed by atoms with E-state index in [9.17, 15) is 0 Å². The Morgan fingerprint density at radius 3 is 2.83 bits per heavy atom. The molecule has 0 spiro atoms. The fraction of sp³-hybridized carbons (Fsp3) is 0.882.